The van der Waals surface area contributed by atoms with E-state index in [-0.39, 0.29) is 0 Å². The van der Waals surface area contributed by atoms with Crippen LogP contribution in [0.4, 0.5) is 0 Å². The molecule has 1 aliphatic carbocycles. The van der Waals surface area contributed by atoms with Crippen LogP contribution in [0.3, 0.4) is 0 Å². The van der Waals surface area contributed by atoms with Gasteiger partial charge in [-0.15, -0.1) is 0 Å². The highest BCUT2D eigenvalue weighted by atomic mass is 79.9. The summed E-state index contributed by atoms with van der Waals surface area (Å²) in [6.07, 6.45) is 2.51. The number of benzene rings is 2. The summed E-state index contributed by atoms with van der Waals surface area (Å²) in [6, 6.07) is 18.4. The number of hydrogen-bond donors (Lipinski definition) is 1. The Hall–Kier alpha value is -1.12. The van der Waals surface area contributed by atoms with Gasteiger partial charge in [0.15, 0.2) is 0 Å². The summed E-state index contributed by atoms with van der Waals surface area (Å²) >= 11 is 3.55. The molecule has 0 unspecified atom stereocenters. The monoisotopic (exact) mass is 343 g/mol. The Kier molecular flexibility index (Phi) is 4.46. The van der Waals surface area contributed by atoms with Gasteiger partial charge in [0.2, 0.25) is 0 Å². The molecule has 0 aromatic heterocycles. The number of nitrogens with one attached hydrogen (secondary N) is 1. The first-order valence-electron chi connectivity index (χ1n) is 7.70. The maximum absolute atomic E-state index is 3.76. The molecule has 2 aromatic rings. The van der Waals surface area contributed by atoms with E-state index in [9.17, 15) is 0 Å². The highest BCUT2D eigenvalue weighted by Crippen LogP contribution is 2.39. The normalized spacial score (nSPS) is 22.6. The van der Waals surface area contributed by atoms with Crippen molar-refractivity contribution in [2.75, 3.05) is 0 Å². The number of rotatable bonds is 4. The molecule has 0 heterocycles. The van der Waals surface area contributed by atoms with E-state index >= 15 is 0 Å². The second-order valence-electron chi connectivity index (χ2n) is 6.17. The lowest BCUT2D eigenvalue weighted by molar-refractivity contribution is 0.270. The van der Waals surface area contributed by atoms with Gasteiger partial charge < -0.3 is 5.32 Å². The van der Waals surface area contributed by atoms with E-state index in [1.807, 2.05) is 0 Å². The average molecular weight is 344 g/mol. The van der Waals surface area contributed by atoms with E-state index in [1.54, 1.807) is 0 Å². The lowest BCUT2D eigenvalue weighted by Crippen LogP contribution is -2.41. The summed E-state index contributed by atoms with van der Waals surface area (Å²) in [6.45, 7) is 4.48. The van der Waals surface area contributed by atoms with Gasteiger partial charge >= 0.3 is 0 Å². The average Bonchev–Trinajstić information content (AvgIpc) is 2.43. The standard InChI is InChI=1S/C19H22BrN/c1-13-6-3-4-9-19(13)16-11-18(12-16)21-14(2)15-7-5-8-17(20)10-15/h3-10,14,16,18,21H,11-12H2,1-2H3/t14-,16?,18?/m0/s1. The molecule has 0 bridgehead atoms. The van der Waals surface area contributed by atoms with Crippen LogP contribution in [-0.2, 0) is 0 Å². The zero-order valence-electron chi connectivity index (χ0n) is 12.6. The Bertz CT molecular complexity index is 616. The van der Waals surface area contributed by atoms with Crippen molar-refractivity contribution in [2.45, 2.75) is 44.7 Å². The second kappa shape index (κ2) is 6.33. The minimum atomic E-state index is 0.408. The molecule has 1 saturated carbocycles. The maximum atomic E-state index is 3.76. The van der Waals surface area contributed by atoms with Crippen molar-refractivity contribution < 1.29 is 0 Å². The quantitative estimate of drug-likeness (QED) is 0.788. The lowest BCUT2D eigenvalue weighted by atomic mass is 9.74. The number of hydrogen-bond acceptors (Lipinski definition) is 1. The predicted molar refractivity (Wildman–Crippen MR) is 92.6 cm³/mol. The van der Waals surface area contributed by atoms with Crippen molar-refractivity contribution >= 4 is 15.9 Å². The topological polar surface area (TPSA) is 12.0 Å². The van der Waals surface area contributed by atoms with Gasteiger partial charge in [0.05, 0.1) is 0 Å². The molecule has 0 saturated heterocycles. The summed E-state index contributed by atoms with van der Waals surface area (Å²) < 4.78 is 1.15. The van der Waals surface area contributed by atoms with Crippen molar-refractivity contribution in [2.24, 2.45) is 0 Å². The molecule has 1 atom stereocenters. The second-order valence-corrected chi connectivity index (χ2v) is 7.08. The van der Waals surface area contributed by atoms with Gasteiger partial charge in [0.25, 0.3) is 0 Å². The van der Waals surface area contributed by atoms with Crippen molar-refractivity contribution in [3.8, 4) is 0 Å². The van der Waals surface area contributed by atoms with Crippen LogP contribution in [0.5, 0.6) is 0 Å². The molecule has 110 valence electrons. The third kappa shape index (κ3) is 3.38. The Morgan fingerprint density at radius 2 is 1.86 bits per heavy atom. The molecular formula is C19H22BrN. The maximum Gasteiger partial charge on any atom is 0.0294 e. The lowest BCUT2D eigenvalue weighted by Gasteiger charge is -2.39. The Labute approximate surface area is 135 Å². The molecule has 1 N–H and O–H groups in total. The number of aryl methyl sites for hydroxylation is 1. The SMILES string of the molecule is Cc1ccccc1C1CC(N[C@@H](C)c2cccc(Br)c2)C1. The Morgan fingerprint density at radius 3 is 2.57 bits per heavy atom. The molecule has 1 fully saturated rings. The molecule has 1 nitrogen and oxygen atoms in total. The zero-order valence-corrected chi connectivity index (χ0v) is 14.2. The fraction of sp³-hybridized carbons (Fsp3) is 0.368. The molecule has 2 heteroatoms. The van der Waals surface area contributed by atoms with Crippen LogP contribution < -0.4 is 5.32 Å². The smallest absolute Gasteiger partial charge is 0.0294 e. The van der Waals surface area contributed by atoms with Crippen LogP contribution in [0.1, 0.15) is 48.4 Å². The molecule has 0 aliphatic heterocycles. The van der Waals surface area contributed by atoms with E-state index < -0.39 is 0 Å². The minimum absolute atomic E-state index is 0.408. The van der Waals surface area contributed by atoms with Crippen LogP contribution in [-0.4, -0.2) is 6.04 Å². The summed E-state index contributed by atoms with van der Waals surface area (Å²) in [5.74, 6) is 0.735. The predicted octanol–water partition coefficient (Wildman–Crippen LogP) is 5.35. The first kappa shape index (κ1) is 14.8. The van der Waals surface area contributed by atoms with E-state index in [1.165, 1.54) is 29.5 Å². The summed E-state index contributed by atoms with van der Waals surface area (Å²) in [7, 11) is 0. The fourth-order valence-corrected chi connectivity index (χ4v) is 3.70. The van der Waals surface area contributed by atoms with Crippen molar-refractivity contribution in [3.05, 3.63) is 69.7 Å². The fourth-order valence-electron chi connectivity index (χ4n) is 3.28. The molecular weight excluding hydrogens is 322 g/mol. The molecule has 0 radical (unpaired) electrons. The Balaban J connectivity index is 1.56. The van der Waals surface area contributed by atoms with E-state index in [0.29, 0.717) is 12.1 Å². The molecule has 0 amide bonds. The Morgan fingerprint density at radius 1 is 1.10 bits per heavy atom. The van der Waals surface area contributed by atoms with Crippen molar-refractivity contribution in [3.63, 3.8) is 0 Å². The highest BCUT2D eigenvalue weighted by Gasteiger charge is 2.31. The minimum Gasteiger partial charge on any atom is -0.307 e. The van der Waals surface area contributed by atoms with Gasteiger partial charge in [-0.05, 0) is 61.4 Å². The van der Waals surface area contributed by atoms with Gasteiger partial charge in [0, 0.05) is 16.6 Å². The van der Waals surface area contributed by atoms with Crippen LogP contribution in [0.15, 0.2) is 53.0 Å². The molecule has 0 spiro atoms. The van der Waals surface area contributed by atoms with Gasteiger partial charge in [-0.3, -0.25) is 0 Å². The molecule has 1 aliphatic rings. The van der Waals surface area contributed by atoms with Crippen LogP contribution in [0.25, 0.3) is 0 Å². The largest absolute Gasteiger partial charge is 0.307 e. The number of halogens is 1. The van der Waals surface area contributed by atoms with Crippen LogP contribution in [0, 0.1) is 6.92 Å². The molecule has 3 rings (SSSR count). The third-order valence-corrected chi connectivity index (χ3v) is 5.09. The highest BCUT2D eigenvalue weighted by molar-refractivity contribution is 9.10. The van der Waals surface area contributed by atoms with E-state index in [4.69, 9.17) is 0 Å². The van der Waals surface area contributed by atoms with E-state index in [0.717, 1.165) is 10.4 Å². The van der Waals surface area contributed by atoms with Gasteiger partial charge in [-0.25, -0.2) is 0 Å². The molecule has 2 aromatic carbocycles. The summed E-state index contributed by atoms with van der Waals surface area (Å²) in [5.41, 5.74) is 4.32. The summed E-state index contributed by atoms with van der Waals surface area (Å²) in [5, 5.41) is 3.76. The van der Waals surface area contributed by atoms with Gasteiger partial charge in [-0.1, -0.05) is 52.3 Å². The zero-order chi connectivity index (χ0) is 14.8. The van der Waals surface area contributed by atoms with Crippen molar-refractivity contribution in [1.29, 1.82) is 0 Å². The molecule has 21 heavy (non-hydrogen) atoms. The third-order valence-electron chi connectivity index (χ3n) is 4.60. The first-order valence-corrected chi connectivity index (χ1v) is 8.50. The first-order chi connectivity index (χ1) is 10.1. The summed E-state index contributed by atoms with van der Waals surface area (Å²) in [4.78, 5) is 0. The van der Waals surface area contributed by atoms with Crippen LogP contribution >= 0.6 is 15.9 Å². The van der Waals surface area contributed by atoms with Crippen molar-refractivity contribution in [1.82, 2.24) is 5.32 Å². The van der Waals surface area contributed by atoms with Gasteiger partial charge in [0.1, 0.15) is 0 Å². The van der Waals surface area contributed by atoms with Gasteiger partial charge in [-0.2, -0.15) is 0 Å². The van der Waals surface area contributed by atoms with E-state index in [2.05, 4.69) is 83.6 Å². The van der Waals surface area contributed by atoms with Crippen LogP contribution in [0.2, 0.25) is 0 Å².